The molecule has 3 heterocycles. The Labute approximate surface area is 160 Å². The number of benzene rings is 2. The first-order valence-electron chi connectivity index (χ1n) is 9.05. The van der Waals surface area contributed by atoms with E-state index in [-0.39, 0.29) is 19.1 Å². The third-order valence-corrected chi connectivity index (χ3v) is 5.49. The van der Waals surface area contributed by atoms with Gasteiger partial charge in [-0.05, 0) is 29.3 Å². The number of para-hydroxylation sites is 1. The largest absolute Gasteiger partial charge is 0.480 e. The highest BCUT2D eigenvalue weighted by Crippen LogP contribution is 2.43. The van der Waals surface area contributed by atoms with Gasteiger partial charge in [-0.25, -0.2) is 4.79 Å². The van der Waals surface area contributed by atoms with Gasteiger partial charge in [0.25, 0.3) is 0 Å². The van der Waals surface area contributed by atoms with Crippen molar-refractivity contribution in [2.45, 2.75) is 25.4 Å². The summed E-state index contributed by atoms with van der Waals surface area (Å²) in [6.07, 6.45) is 0.259. The van der Waals surface area contributed by atoms with Crippen LogP contribution < -0.4 is 9.47 Å². The third-order valence-electron chi connectivity index (χ3n) is 5.49. The average Bonchev–Trinajstić information content (AvgIpc) is 3.29. The van der Waals surface area contributed by atoms with Gasteiger partial charge in [-0.1, -0.05) is 24.3 Å². The normalized spacial score (nSPS) is 20.2. The predicted molar refractivity (Wildman–Crippen MR) is 100 cm³/mol. The number of carboxylic acid groups (broad SMARTS) is 1. The van der Waals surface area contributed by atoms with E-state index in [4.69, 9.17) is 9.47 Å². The molecule has 0 spiro atoms. The molecule has 2 aromatic carbocycles. The van der Waals surface area contributed by atoms with Gasteiger partial charge in [-0.15, -0.1) is 0 Å². The maximum absolute atomic E-state index is 12.5. The Kier molecular flexibility index (Phi) is 3.58. The fourth-order valence-electron chi connectivity index (χ4n) is 4.30. The zero-order valence-corrected chi connectivity index (χ0v) is 15.1. The van der Waals surface area contributed by atoms with E-state index in [2.05, 4.69) is 4.98 Å². The number of carboxylic acids is 1. The van der Waals surface area contributed by atoms with E-state index in [0.717, 1.165) is 27.7 Å². The van der Waals surface area contributed by atoms with E-state index in [1.54, 1.807) is 6.07 Å². The molecule has 2 aliphatic heterocycles. The molecule has 3 aromatic rings. The van der Waals surface area contributed by atoms with Crippen molar-refractivity contribution in [1.82, 2.24) is 9.88 Å². The van der Waals surface area contributed by atoms with Crippen molar-refractivity contribution in [2.75, 3.05) is 6.79 Å². The van der Waals surface area contributed by atoms with E-state index >= 15 is 0 Å². The quantitative estimate of drug-likeness (QED) is 0.715. The Hall–Kier alpha value is -3.48. The van der Waals surface area contributed by atoms with Crippen LogP contribution in [0.4, 0.5) is 0 Å². The average molecular weight is 378 g/mol. The number of aliphatic carboxylic acids is 1. The summed E-state index contributed by atoms with van der Waals surface area (Å²) in [7, 11) is 0. The molecule has 7 heteroatoms. The fraction of sp³-hybridized carbons (Fsp3) is 0.238. The smallest absolute Gasteiger partial charge is 0.326 e. The molecule has 0 unspecified atom stereocenters. The van der Waals surface area contributed by atoms with E-state index in [9.17, 15) is 14.7 Å². The molecule has 28 heavy (non-hydrogen) atoms. The summed E-state index contributed by atoms with van der Waals surface area (Å²) in [4.78, 5) is 29.5. The second-order valence-corrected chi connectivity index (χ2v) is 7.06. The highest BCUT2D eigenvalue weighted by Gasteiger charge is 2.42. The van der Waals surface area contributed by atoms with Gasteiger partial charge in [0.2, 0.25) is 12.7 Å². The van der Waals surface area contributed by atoms with Gasteiger partial charge in [0.1, 0.15) is 6.04 Å². The number of nitrogens with zero attached hydrogens (tertiary/aromatic N) is 1. The van der Waals surface area contributed by atoms with Crippen LogP contribution in [0.3, 0.4) is 0 Å². The maximum Gasteiger partial charge on any atom is 0.326 e. The molecule has 1 amide bonds. The van der Waals surface area contributed by atoms with E-state index in [1.807, 2.05) is 36.4 Å². The van der Waals surface area contributed by atoms with Gasteiger partial charge >= 0.3 is 5.97 Å². The van der Waals surface area contributed by atoms with E-state index < -0.39 is 18.1 Å². The molecule has 1 aromatic heterocycles. The van der Waals surface area contributed by atoms with Crippen molar-refractivity contribution < 1.29 is 24.2 Å². The minimum atomic E-state index is -1.02. The van der Waals surface area contributed by atoms with Crippen molar-refractivity contribution in [3.8, 4) is 11.5 Å². The molecule has 7 nitrogen and oxygen atoms in total. The lowest BCUT2D eigenvalue weighted by molar-refractivity contribution is -0.151. The van der Waals surface area contributed by atoms with Crippen LogP contribution in [-0.4, -0.2) is 39.7 Å². The second kappa shape index (κ2) is 6.02. The highest BCUT2D eigenvalue weighted by molar-refractivity contribution is 5.90. The first-order chi connectivity index (χ1) is 13.5. The van der Waals surface area contributed by atoms with Gasteiger partial charge < -0.3 is 24.5 Å². The monoisotopic (exact) mass is 378 g/mol. The minimum absolute atomic E-state index is 0.148. The number of amides is 1. The first kappa shape index (κ1) is 16.7. The highest BCUT2D eigenvalue weighted by atomic mass is 16.7. The van der Waals surface area contributed by atoms with Crippen molar-refractivity contribution in [3.63, 3.8) is 0 Å². The van der Waals surface area contributed by atoms with Gasteiger partial charge in [-0.2, -0.15) is 0 Å². The van der Waals surface area contributed by atoms with E-state index in [0.29, 0.717) is 11.5 Å². The van der Waals surface area contributed by atoms with Crippen LogP contribution >= 0.6 is 0 Å². The van der Waals surface area contributed by atoms with E-state index in [1.165, 1.54) is 11.8 Å². The summed E-state index contributed by atoms with van der Waals surface area (Å²) in [6, 6.07) is 11.8. The number of carbonyl (C=O) groups is 2. The summed E-state index contributed by atoms with van der Waals surface area (Å²) in [5.74, 6) is -0.0760. The lowest BCUT2D eigenvalue weighted by Crippen LogP contribution is -2.50. The second-order valence-electron chi connectivity index (χ2n) is 7.06. The van der Waals surface area contributed by atoms with Crippen LogP contribution in [0.15, 0.2) is 42.5 Å². The number of hydrogen-bond acceptors (Lipinski definition) is 4. The number of aromatic nitrogens is 1. The fourth-order valence-corrected chi connectivity index (χ4v) is 4.30. The molecule has 5 rings (SSSR count). The number of fused-ring (bicyclic) bond motifs is 4. The number of carbonyl (C=O) groups excluding carboxylic acids is 1. The zero-order chi connectivity index (χ0) is 19.4. The Bertz CT molecular complexity index is 1120. The Morgan fingerprint density at radius 2 is 1.93 bits per heavy atom. The van der Waals surface area contributed by atoms with Gasteiger partial charge in [-0.3, -0.25) is 4.79 Å². The number of H-pyrrole nitrogens is 1. The Balaban J connectivity index is 1.76. The SMILES string of the molecule is CC(=O)N1[C@H](c2ccc3c(c2)OCO3)c2[nH]c3ccccc3c2C[C@H]1C(=O)O. The molecule has 0 bridgehead atoms. The number of hydrogen-bond donors (Lipinski definition) is 2. The topological polar surface area (TPSA) is 91.9 Å². The maximum atomic E-state index is 12.5. The number of ether oxygens (including phenoxy) is 2. The summed E-state index contributed by atoms with van der Waals surface area (Å²) >= 11 is 0. The molecular formula is C21H18N2O5. The third kappa shape index (κ3) is 2.36. The Morgan fingerprint density at radius 3 is 2.71 bits per heavy atom. The summed E-state index contributed by atoms with van der Waals surface area (Å²) in [5.41, 5.74) is 3.47. The molecule has 2 N–H and O–H groups in total. The van der Waals surface area contributed by atoms with Crippen molar-refractivity contribution in [2.24, 2.45) is 0 Å². The molecule has 0 aliphatic carbocycles. The minimum Gasteiger partial charge on any atom is -0.480 e. The molecular weight excluding hydrogens is 360 g/mol. The summed E-state index contributed by atoms with van der Waals surface area (Å²) in [5, 5.41) is 10.8. The van der Waals surface area contributed by atoms with Crippen molar-refractivity contribution in [1.29, 1.82) is 0 Å². The lowest BCUT2D eigenvalue weighted by Gasteiger charge is -2.40. The predicted octanol–water partition coefficient (Wildman–Crippen LogP) is 2.84. The Morgan fingerprint density at radius 1 is 1.14 bits per heavy atom. The summed E-state index contributed by atoms with van der Waals surface area (Å²) < 4.78 is 10.9. The van der Waals surface area contributed by atoms with Crippen LogP contribution in [-0.2, 0) is 16.0 Å². The molecule has 0 fully saturated rings. The van der Waals surface area contributed by atoms with Crippen LogP contribution in [0.1, 0.15) is 29.8 Å². The van der Waals surface area contributed by atoms with Crippen LogP contribution in [0.5, 0.6) is 11.5 Å². The number of aromatic amines is 1. The lowest BCUT2D eigenvalue weighted by atomic mass is 9.88. The summed E-state index contributed by atoms with van der Waals surface area (Å²) in [6.45, 7) is 1.55. The van der Waals surface area contributed by atoms with Gasteiger partial charge in [0.15, 0.2) is 11.5 Å². The van der Waals surface area contributed by atoms with Crippen molar-refractivity contribution in [3.05, 3.63) is 59.3 Å². The van der Waals surface area contributed by atoms with Crippen LogP contribution in [0.25, 0.3) is 10.9 Å². The molecule has 0 saturated heterocycles. The first-order valence-corrected chi connectivity index (χ1v) is 9.05. The van der Waals surface area contributed by atoms with Gasteiger partial charge in [0.05, 0.1) is 6.04 Å². The number of nitrogens with one attached hydrogen (secondary N) is 1. The molecule has 0 saturated carbocycles. The molecule has 2 atom stereocenters. The van der Waals surface area contributed by atoms with Gasteiger partial charge in [0, 0.05) is 29.9 Å². The standard InChI is InChI=1S/C21H18N2O5/c1-11(24)23-16(21(25)26)9-14-13-4-2-3-5-15(13)22-19(14)20(23)12-6-7-17-18(8-12)28-10-27-17/h2-8,16,20,22H,9-10H2,1H3,(H,25,26)/t16-,20+/m0/s1. The molecule has 0 radical (unpaired) electrons. The van der Waals surface area contributed by atoms with Crippen molar-refractivity contribution >= 4 is 22.8 Å². The zero-order valence-electron chi connectivity index (χ0n) is 15.1. The van der Waals surface area contributed by atoms with Crippen LogP contribution in [0, 0.1) is 0 Å². The van der Waals surface area contributed by atoms with Crippen LogP contribution in [0.2, 0.25) is 0 Å². The molecule has 142 valence electrons. The number of rotatable bonds is 2. The molecule has 2 aliphatic rings.